The molecule has 0 saturated carbocycles. The largest absolute Gasteiger partial charge is 0.481 e. The molecule has 0 fully saturated rings. The highest BCUT2D eigenvalue weighted by molar-refractivity contribution is 9.10. The van der Waals surface area contributed by atoms with Crippen molar-refractivity contribution in [3.8, 4) is 5.75 Å². The molecule has 1 heterocycles. The van der Waals surface area contributed by atoms with Gasteiger partial charge in [-0.05, 0) is 62.4 Å². The third kappa shape index (κ3) is 4.10. The van der Waals surface area contributed by atoms with Crippen LogP contribution in [-0.2, 0) is 22.4 Å². The number of fused-ring (bicyclic) bond motifs is 1. The number of methoxy groups -OCH3 is 1. The van der Waals surface area contributed by atoms with Gasteiger partial charge in [-0.25, -0.2) is 4.79 Å². The topological polar surface area (TPSA) is 64.6 Å². The summed E-state index contributed by atoms with van der Waals surface area (Å²) in [5, 5.41) is 3.41. The van der Waals surface area contributed by atoms with E-state index in [1.54, 1.807) is 19.1 Å². The van der Waals surface area contributed by atoms with E-state index in [9.17, 15) is 9.59 Å². The maximum Gasteiger partial charge on any atom is 0.341 e. The van der Waals surface area contributed by atoms with Gasteiger partial charge in [0.1, 0.15) is 10.8 Å². The number of anilines is 1. The zero-order valence-corrected chi connectivity index (χ0v) is 17.0. The number of halogens is 1. The summed E-state index contributed by atoms with van der Waals surface area (Å²) in [6.07, 6.45) is 3.23. The standard InChI is InChI=1S/C19H20BrNO4S/c1-11(25-13-9-7-12(20)8-10-13)17(22)21-18-16(19(23)24-2)14-5-3-4-6-15(14)26-18/h7-11H,3-6H2,1-2H3,(H,21,22). The number of hydrogen-bond donors (Lipinski definition) is 1. The maximum atomic E-state index is 12.6. The molecule has 5 nitrogen and oxygen atoms in total. The molecular weight excluding hydrogens is 418 g/mol. The van der Waals surface area contributed by atoms with E-state index in [-0.39, 0.29) is 5.91 Å². The van der Waals surface area contributed by atoms with Crippen molar-refractivity contribution in [2.45, 2.75) is 38.7 Å². The molecule has 1 aromatic heterocycles. The van der Waals surface area contributed by atoms with E-state index in [0.717, 1.165) is 40.6 Å². The summed E-state index contributed by atoms with van der Waals surface area (Å²) in [5.74, 6) is -0.0904. The molecule has 7 heteroatoms. The van der Waals surface area contributed by atoms with Gasteiger partial charge in [0.2, 0.25) is 0 Å². The molecule has 0 spiro atoms. The summed E-state index contributed by atoms with van der Waals surface area (Å²) in [5.41, 5.74) is 1.52. The van der Waals surface area contributed by atoms with Crippen molar-refractivity contribution in [1.29, 1.82) is 0 Å². The molecule has 26 heavy (non-hydrogen) atoms. The summed E-state index contributed by atoms with van der Waals surface area (Å²) in [6, 6.07) is 7.28. The average molecular weight is 438 g/mol. The molecule has 1 amide bonds. The lowest BCUT2D eigenvalue weighted by atomic mass is 9.95. The first-order valence-electron chi connectivity index (χ1n) is 8.45. The Labute approximate surface area is 164 Å². The van der Waals surface area contributed by atoms with Crippen molar-refractivity contribution in [1.82, 2.24) is 0 Å². The van der Waals surface area contributed by atoms with Crippen LogP contribution >= 0.6 is 27.3 Å². The van der Waals surface area contributed by atoms with Crippen molar-refractivity contribution >= 4 is 44.1 Å². The van der Waals surface area contributed by atoms with Crippen LogP contribution in [0.15, 0.2) is 28.7 Å². The van der Waals surface area contributed by atoms with Crippen LogP contribution in [0.4, 0.5) is 5.00 Å². The predicted octanol–water partition coefficient (Wildman–Crippen LogP) is 4.58. The summed E-state index contributed by atoms with van der Waals surface area (Å²) < 4.78 is 11.6. The Hall–Kier alpha value is -1.86. The lowest BCUT2D eigenvalue weighted by molar-refractivity contribution is -0.122. The Morgan fingerprint density at radius 3 is 2.58 bits per heavy atom. The number of thiophene rings is 1. The third-order valence-electron chi connectivity index (χ3n) is 4.29. The van der Waals surface area contributed by atoms with Gasteiger partial charge in [-0.3, -0.25) is 4.79 Å². The average Bonchev–Trinajstić information content (AvgIpc) is 3.00. The minimum atomic E-state index is -0.694. The normalized spacial score (nSPS) is 14.3. The lowest BCUT2D eigenvalue weighted by Gasteiger charge is -2.15. The van der Waals surface area contributed by atoms with E-state index in [1.807, 2.05) is 12.1 Å². The van der Waals surface area contributed by atoms with Gasteiger partial charge < -0.3 is 14.8 Å². The third-order valence-corrected chi connectivity index (χ3v) is 6.03. The van der Waals surface area contributed by atoms with Gasteiger partial charge in [-0.15, -0.1) is 11.3 Å². The second-order valence-corrected chi connectivity index (χ2v) is 8.13. The van der Waals surface area contributed by atoms with E-state index in [2.05, 4.69) is 21.2 Å². The van der Waals surface area contributed by atoms with Gasteiger partial charge in [0.25, 0.3) is 5.91 Å². The summed E-state index contributed by atoms with van der Waals surface area (Å²) >= 11 is 4.83. The SMILES string of the molecule is COC(=O)c1c(NC(=O)C(C)Oc2ccc(Br)cc2)sc2c1CCCC2. The monoisotopic (exact) mass is 437 g/mol. The molecule has 1 atom stereocenters. The molecule has 1 unspecified atom stereocenters. The molecule has 138 valence electrons. The Kier molecular flexibility index (Phi) is 5.98. The van der Waals surface area contributed by atoms with Crippen molar-refractivity contribution in [2.24, 2.45) is 0 Å². The summed E-state index contributed by atoms with van der Waals surface area (Å²) in [6.45, 7) is 1.68. The van der Waals surface area contributed by atoms with Gasteiger partial charge >= 0.3 is 5.97 Å². The quantitative estimate of drug-likeness (QED) is 0.694. The molecule has 1 aliphatic rings. The van der Waals surface area contributed by atoms with Crippen LogP contribution in [0.3, 0.4) is 0 Å². The smallest absolute Gasteiger partial charge is 0.341 e. The number of nitrogens with one attached hydrogen (secondary N) is 1. The van der Waals surface area contributed by atoms with Crippen LogP contribution in [0, 0.1) is 0 Å². The minimum absolute atomic E-state index is 0.295. The fraction of sp³-hybridized carbons (Fsp3) is 0.368. The van der Waals surface area contributed by atoms with Crippen LogP contribution in [0.2, 0.25) is 0 Å². The summed E-state index contributed by atoms with van der Waals surface area (Å²) in [7, 11) is 1.36. The van der Waals surface area contributed by atoms with Crippen LogP contribution in [0.25, 0.3) is 0 Å². The van der Waals surface area contributed by atoms with Crippen molar-refractivity contribution < 1.29 is 19.1 Å². The van der Waals surface area contributed by atoms with Gasteiger partial charge in [0.15, 0.2) is 6.10 Å². The Morgan fingerprint density at radius 2 is 1.88 bits per heavy atom. The summed E-state index contributed by atoms with van der Waals surface area (Å²) in [4.78, 5) is 26.0. The van der Waals surface area contributed by atoms with Gasteiger partial charge in [-0.2, -0.15) is 0 Å². The molecule has 1 aliphatic carbocycles. The van der Waals surface area contributed by atoms with Crippen LogP contribution < -0.4 is 10.1 Å². The zero-order chi connectivity index (χ0) is 18.7. The van der Waals surface area contributed by atoms with Crippen molar-refractivity contribution in [2.75, 3.05) is 12.4 Å². The van der Waals surface area contributed by atoms with Crippen LogP contribution in [0.5, 0.6) is 5.75 Å². The van der Waals surface area contributed by atoms with E-state index >= 15 is 0 Å². The Morgan fingerprint density at radius 1 is 1.19 bits per heavy atom. The lowest BCUT2D eigenvalue weighted by Crippen LogP contribution is -2.30. The fourth-order valence-corrected chi connectivity index (χ4v) is 4.50. The fourth-order valence-electron chi connectivity index (χ4n) is 2.96. The van der Waals surface area contributed by atoms with Crippen LogP contribution in [0.1, 0.15) is 40.6 Å². The highest BCUT2D eigenvalue weighted by atomic mass is 79.9. The van der Waals surface area contributed by atoms with Crippen LogP contribution in [-0.4, -0.2) is 25.1 Å². The molecule has 0 radical (unpaired) electrons. The van der Waals surface area contributed by atoms with Gasteiger partial charge in [0.05, 0.1) is 12.7 Å². The van der Waals surface area contributed by atoms with Gasteiger partial charge in [0, 0.05) is 9.35 Å². The number of ether oxygens (including phenoxy) is 2. The number of esters is 1. The highest BCUT2D eigenvalue weighted by Gasteiger charge is 2.28. The number of rotatable bonds is 5. The molecular formula is C19H20BrNO4S. The van der Waals surface area contributed by atoms with E-state index in [4.69, 9.17) is 9.47 Å². The Bertz CT molecular complexity index is 816. The number of carbonyl (C=O) groups excluding carboxylic acids is 2. The van der Waals surface area contributed by atoms with E-state index in [0.29, 0.717) is 16.3 Å². The molecule has 0 saturated heterocycles. The predicted molar refractivity (Wildman–Crippen MR) is 105 cm³/mol. The second kappa shape index (κ2) is 8.22. The molecule has 0 bridgehead atoms. The van der Waals surface area contributed by atoms with Crippen molar-refractivity contribution in [3.63, 3.8) is 0 Å². The van der Waals surface area contributed by atoms with Crippen molar-refractivity contribution in [3.05, 3.63) is 44.7 Å². The number of hydrogen-bond acceptors (Lipinski definition) is 5. The van der Waals surface area contributed by atoms with E-state index < -0.39 is 12.1 Å². The molecule has 1 aromatic carbocycles. The maximum absolute atomic E-state index is 12.6. The number of carbonyl (C=O) groups is 2. The molecule has 1 N–H and O–H groups in total. The molecule has 3 rings (SSSR count). The first-order chi connectivity index (χ1) is 12.5. The number of aryl methyl sites for hydroxylation is 1. The first kappa shape index (κ1) is 18.9. The first-order valence-corrected chi connectivity index (χ1v) is 10.1. The van der Waals surface area contributed by atoms with Gasteiger partial charge in [-0.1, -0.05) is 15.9 Å². The Balaban J connectivity index is 1.77. The number of amides is 1. The number of benzene rings is 1. The zero-order valence-electron chi connectivity index (χ0n) is 14.6. The highest BCUT2D eigenvalue weighted by Crippen LogP contribution is 2.38. The van der Waals surface area contributed by atoms with E-state index in [1.165, 1.54) is 18.4 Å². The second-order valence-electron chi connectivity index (χ2n) is 6.11. The molecule has 0 aliphatic heterocycles. The molecule has 2 aromatic rings. The minimum Gasteiger partial charge on any atom is -0.481 e.